The lowest BCUT2D eigenvalue weighted by Crippen LogP contribution is -2.13. The molecule has 0 aliphatic heterocycles. The summed E-state index contributed by atoms with van der Waals surface area (Å²) in [5, 5.41) is 20.2. The second-order valence-corrected chi connectivity index (χ2v) is 7.81. The van der Waals surface area contributed by atoms with E-state index in [1.54, 1.807) is 23.7 Å². The molecule has 1 aliphatic rings. The van der Waals surface area contributed by atoms with Crippen LogP contribution in [0.4, 0.5) is 10.2 Å². The van der Waals surface area contributed by atoms with Gasteiger partial charge in [0.25, 0.3) is 0 Å². The van der Waals surface area contributed by atoms with Gasteiger partial charge in [-0.1, -0.05) is 18.5 Å². The van der Waals surface area contributed by atoms with Gasteiger partial charge in [0.2, 0.25) is 5.91 Å². The average molecular weight is 429 g/mol. The molecule has 1 atom stereocenters. The highest BCUT2D eigenvalue weighted by Gasteiger charge is 2.30. The second kappa shape index (κ2) is 7.03. The van der Waals surface area contributed by atoms with Crippen molar-refractivity contribution in [2.24, 2.45) is 5.92 Å². The van der Waals surface area contributed by atoms with Crippen molar-refractivity contribution in [3.05, 3.63) is 41.2 Å². The summed E-state index contributed by atoms with van der Waals surface area (Å²) < 4.78 is 16.8. The lowest BCUT2D eigenvalue weighted by Gasteiger charge is -2.15. The van der Waals surface area contributed by atoms with Crippen LogP contribution in [-0.2, 0) is 4.79 Å². The standard InChI is InChI=1S/C20H18ClFN6O2/c1-2-12(29)16-18(22)17(21)15(10-5-24-27-19(10)16)11-7-28-8-13(25-14(28)6-23-11)26-20(30)9-3-4-9/h5-9,12,29H,2-4H2,1H3,(H,24,27)(H,26,30)/t12-/m1/s1. The van der Waals surface area contributed by atoms with E-state index in [2.05, 4.69) is 25.5 Å². The number of nitrogens with zero attached hydrogens (tertiary/aromatic N) is 4. The molecule has 4 aromatic rings. The van der Waals surface area contributed by atoms with Crippen LogP contribution in [0, 0.1) is 11.7 Å². The van der Waals surface area contributed by atoms with Gasteiger partial charge in [0.15, 0.2) is 11.5 Å². The third kappa shape index (κ3) is 3.01. The molecule has 1 aromatic carbocycles. The quantitative estimate of drug-likeness (QED) is 0.447. The number of amides is 1. The summed E-state index contributed by atoms with van der Waals surface area (Å²) in [4.78, 5) is 20.7. The van der Waals surface area contributed by atoms with Crippen molar-refractivity contribution >= 4 is 39.9 Å². The van der Waals surface area contributed by atoms with Gasteiger partial charge in [0.1, 0.15) is 5.82 Å². The topological polar surface area (TPSA) is 108 Å². The van der Waals surface area contributed by atoms with Crippen molar-refractivity contribution in [1.29, 1.82) is 0 Å². The Balaban J connectivity index is 1.62. The number of imidazole rings is 1. The molecular formula is C20H18ClFN6O2. The van der Waals surface area contributed by atoms with Crippen LogP contribution in [0.15, 0.2) is 24.8 Å². The summed E-state index contributed by atoms with van der Waals surface area (Å²) in [5.74, 6) is -0.251. The first-order valence-electron chi connectivity index (χ1n) is 9.66. The van der Waals surface area contributed by atoms with E-state index in [9.17, 15) is 9.90 Å². The molecule has 1 aliphatic carbocycles. The van der Waals surface area contributed by atoms with Crippen molar-refractivity contribution in [1.82, 2.24) is 24.6 Å². The molecule has 3 N–H and O–H groups in total. The van der Waals surface area contributed by atoms with Gasteiger partial charge >= 0.3 is 0 Å². The minimum atomic E-state index is -1.01. The first-order valence-corrected chi connectivity index (χ1v) is 10.0. The molecule has 8 nitrogen and oxygen atoms in total. The number of carbonyl (C=O) groups excluding carboxylic acids is 1. The Labute approximate surface area is 175 Å². The van der Waals surface area contributed by atoms with Gasteiger partial charge < -0.3 is 14.8 Å². The van der Waals surface area contributed by atoms with Gasteiger partial charge in [-0.15, -0.1) is 0 Å². The van der Waals surface area contributed by atoms with E-state index in [1.807, 2.05) is 0 Å². The number of benzene rings is 1. The highest BCUT2D eigenvalue weighted by Crippen LogP contribution is 2.40. The molecule has 1 fully saturated rings. The van der Waals surface area contributed by atoms with Crippen LogP contribution in [0.1, 0.15) is 37.9 Å². The van der Waals surface area contributed by atoms with Gasteiger partial charge in [-0.2, -0.15) is 5.10 Å². The van der Waals surface area contributed by atoms with Crippen molar-refractivity contribution < 1.29 is 14.3 Å². The number of aliphatic hydroxyl groups is 1. The summed E-state index contributed by atoms with van der Waals surface area (Å²) in [6, 6.07) is 0. The zero-order valence-electron chi connectivity index (χ0n) is 16.0. The van der Waals surface area contributed by atoms with Crippen LogP contribution < -0.4 is 5.32 Å². The molecule has 3 heterocycles. The number of nitrogens with one attached hydrogen (secondary N) is 2. The van der Waals surface area contributed by atoms with Gasteiger partial charge in [-0.05, 0) is 19.3 Å². The van der Waals surface area contributed by atoms with Gasteiger partial charge in [-0.3, -0.25) is 14.9 Å². The number of aromatic nitrogens is 5. The molecule has 0 saturated heterocycles. The van der Waals surface area contributed by atoms with Gasteiger partial charge in [-0.25, -0.2) is 9.37 Å². The molecule has 1 saturated carbocycles. The Kier molecular flexibility index (Phi) is 4.44. The summed E-state index contributed by atoms with van der Waals surface area (Å²) >= 11 is 6.39. The number of H-pyrrole nitrogens is 1. The Bertz CT molecular complexity index is 1300. The highest BCUT2D eigenvalue weighted by molar-refractivity contribution is 6.35. The lowest BCUT2D eigenvalue weighted by molar-refractivity contribution is -0.117. The molecule has 10 heteroatoms. The van der Waals surface area contributed by atoms with E-state index in [4.69, 9.17) is 11.6 Å². The Morgan fingerprint density at radius 3 is 2.97 bits per heavy atom. The third-order valence-corrected chi connectivity index (χ3v) is 5.70. The molecule has 154 valence electrons. The van der Waals surface area contributed by atoms with Crippen molar-refractivity contribution in [3.63, 3.8) is 0 Å². The summed E-state index contributed by atoms with van der Waals surface area (Å²) in [7, 11) is 0. The maximum atomic E-state index is 15.1. The zero-order valence-corrected chi connectivity index (χ0v) is 16.7. The number of hydrogen-bond donors (Lipinski definition) is 3. The number of fused-ring (bicyclic) bond motifs is 2. The van der Waals surface area contributed by atoms with E-state index < -0.39 is 11.9 Å². The van der Waals surface area contributed by atoms with E-state index in [1.165, 1.54) is 12.4 Å². The molecule has 0 spiro atoms. The fraction of sp³-hybridized carbons (Fsp3) is 0.300. The molecule has 0 unspecified atom stereocenters. The number of carbonyl (C=O) groups is 1. The predicted octanol–water partition coefficient (Wildman–Crippen LogP) is 3.86. The number of halogens is 2. The van der Waals surface area contributed by atoms with Crippen LogP contribution >= 0.6 is 11.6 Å². The van der Waals surface area contributed by atoms with Gasteiger partial charge in [0, 0.05) is 28.6 Å². The third-order valence-electron chi connectivity index (χ3n) is 5.34. The molecule has 3 aromatic heterocycles. The second-order valence-electron chi connectivity index (χ2n) is 7.43. The summed E-state index contributed by atoms with van der Waals surface area (Å²) in [6.07, 6.45) is 7.51. The number of rotatable bonds is 5. The molecule has 0 bridgehead atoms. The largest absolute Gasteiger partial charge is 0.388 e. The normalized spacial score (nSPS) is 15.1. The van der Waals surface area contributed by atoms with E-state index in [-0.39, 0.29) is 22.4 Å². The molecular weight excluding hydrogens is 411 g/mol. The Morgan fingerprint density at radius 2 is 2.23 bits per heavy atom. The Hall–Kier alpha value is -3.04. The maximum Gasteiger partial charge on any atom is 0.228 e. The monoisotopic (exact) mass is 428 g/mol. The first kappa shape index (κ1) is 19.0. The number of anilines is 1. The van der Waals surface area contributed by atoms with Crippen LogP contribution in [0.25, 0.3) is 27.8 Å². The molecule has 1 amide bonds. The lowest BCUT2D eigenvalue weighted by atomic mass is 9.98. The number of hydrogen-bond acceptors (Lipinski definition) is 5. The van der Waals surface area contributed by atoms with Crippen molar-refractivity contribution in [3.8, 4) is 11.3 Å². The number of aromatic amines is 1. The van der Waals surface area contributed by atoms with E-state index in [0.29, 0.717) is 40.0 Å². The molecule has 30 heavy (non-hydrogen) atoms. The van der Waals surface area contributed by atoms with Crippen LogP contribution in [0.5, 0.6) is 0 Å². The summed E-state index contributed by atoms with van der Waals surface area (Å²) in [5.41, 5.74) is 1.78. The average Bonchev–Trinajstić information content (AvgIpc) is 3.36. The van der Waals surface area contributed by atoms with E-state index >= 15 is 4.39 Å². The van der Waals surface area contributed by atoms with Crippen molar-refractivity contribution in [2.45, 2.75) is 32.3 Å². The molecule has 5 rings (SSSR count). The number of aliphatic hydroxyl groups excluding tert-OH is 1. The first-order chi connectivity index (χ1) is 14.5. The minimum absolute atomic E-state index is 0.0399. The minimum Gasteiger partial charge on any atom is -0.388 e. The van der Waals surface area contributed by atoms with Crippen LogP contribution in [0.3, 0.4) is 0 Å². The van der Waals surface area contributed by atoms with Crippen molar-refractivity contribution in [2.75, 3.05) is 5.32 Å². The summed E-state index contributed by atoms with van der Waals surface area (Å²) in [6.45, 7) is 1.75. The van der Waals surface area contributed by atoms with Crippen LogP contribution in [-0.4, -0.2) is 35.6 Å². The smallest absolute Gasteiger partial charge is 0.228 e. The Morgan fingerprint density at radius 1 is 1.43 bits per heavy atom. The van der Waals surface area contributed by atoms with E-state index in [0.717, 1.165) is 12.8 Å². The maximum absolute atomic E-state index is 15.1. The highest BCUT2D eigenvalue weighted by atomic mass is 35.5. The molecule has 0 radical (unpaired) electrons. The van der Waals surface area contributed by atoms with Gasteiger partial charge in [0.05, 0.1) is 40.9 Å². The fourth-order valence-electron chi connectivity index (χ4n) is 3.57. The SMILES string of the molecule is CC[C@@H](O)c1c(F)c(Cl)c(-c2cn3cc(NC(=O)C4CC4)nc3cn2)c2cn[nH]c12. The predicted molar refractivity (Wildman–Crippen MR) is 110 cm³/mol. The zero-order chi connectivity index (χ0) is 21.0. The fourth-order valence-corrected chi connectivity index (χ4v) is 3.87. The van der Waals surface area contributed by atoms with Crippen LogP contribution in [0.2, 0.25) is 5.02 Å².